The highest BCUT2D eigenvalue weighted by Crippen LogP contribution is 2.28. The van der Waals surface area contributed by atoms with Crippen LogP contribution in [-0.2, 0) is 6.42 Å². The zero-order chi connectivity index (χ0) is 14.4. The lowest BCUT2D eigenvalue weighted by Crippen LogP contribution is -2.27. The summed E-state index contributed by atoms with van der Waals surface area (Å²) >= 11 is 0. The Morgan fingerprint density at radius 1 is 1.40 bits per heavy atom. The van der Waals surface area contributed by atoms with Crippen LogP contribution in [0.3, 0.4) is 0 Å². The van der Waals surface area contributed by atoms with Crippen molar-refractivity contribution in [2.45, 2.75) is 45.4 Å². The first-order chi connectivity index (χ1) is 9.72. The van der Waals surface area contributed by atoms with Crippen LogP contribution >= 0.6 is 0 Å². The van der Waals surface area contributed by atoms with E-state index in [2.05, 4.69) is 22.5 Å². The lowest BCUT2D eigenvalue weighted by atomic mass is 9.83. The summed E-state index contributed by atoms with van der Waals surface area (Å²) < 4.78 is 0. The normalized spacial score (nSPS) is 14.7. The molecular formula is C16H25N3O. The van der Waals surface area contributed by atoms with E-state index < -0.39 is 0 Å². The van der Waals surface area contributed by atoms with Gasteiger partial charge in [-0.15, -0.1) is 0 Å². The first-order valence-electron chi connectivity index (χ1n) is 7.69. The maximum atomic E-state index is 12.2. The number of hydrogen-bond donors (Lipinski definition) is 2. The van der Waals surface area contributed by atoms with Crippen molar-refractivity contribution in [2.75, 3.05) is 18.9 Å². The minimum Gasteiger partial charge on any atom is -0.373 e. The van der Waals surface area contributed by atoms with E-state index in [9.17, 15) is 4.79 Å². The van der Waals surface area contributed by atoms with Gasteiger partial charge in [-0.05, 0) is 30.9 Å². The molecule has 1 aliphatic carbocycles. The van der Waals surface area contributed by atoms with Crippen LogP contribution in [0, 0.1) is 5.92 Å². The fraction of sp³-hybridized carbons (Fsp3) is 0.625. The molecule has 0 unspecified atom stereocenters. The van der Waals surface area contributed by atoms with Crippen molar-refractivity contribution in [3.8, 4) is 0 Å². The minimum atomic E-state index is 0.0144. The third-order valence-corrected chi connectivity index (χ3v) is 3.97. The average Bonchev–Trinajstić information content (AvgIpc) is 2.41. The molecule has 1 aromatic heterocycles. The van der Waals surface area contributed by atoms with Crippen molar-refractivity contribution >= 4 is 11.7 Å². The van der Waals surface area contributed by atoms with Crippen molar-refractivity contribution in [2.24, 2.45) is 5.92 Å². The largest absolute Gasteiger partial charge is 0.373 e. The number of nitrogens with zero attached hydrogens (tertiary/aromatic N) is 1. The summed E-state index contributed by atoms with van der Waals surface area (Å²) in [7, 11) is 1.83. The van der Waals surface area contributed by atoms with Crippen molar-refractivity contribution in [1.82, 2.24) is 10.3 Å². The lowest BCUT2D eigenvalue weighted by molar-refractivity contribution is 0.0949. The van der Waals surface area contributed by atoms with Crippen molar-refractivity contribution < 1.29 is 4.79 Å². The molecule has 1 amide bonds. The van der Waals surface area contributed by atoms with Gasteiger partial charge >= 0.3 is 0 Å². The van der Waals surface area contributed by atoms with Gasteiger partial charge < -0.3 is 10.6 Å². The van der Waals surface area contributed by atoms with Gasteiger partial charge in [-0.3, -0.25) is 4.79 Å². The summed E-state index contributed by atoms with van der Waals surface area (Å²) in [5.74, 6) is 1.61. The standard InChI is InChI=1S/C16H25N3O/c1-3-5-14-10-13(11-15(17-2)19-14)16(20)18-9-8-12-6-4-7-12/h10-12H,3-9H2,1-2H3,(H,17,19)(H,18,20). The van der Waals surface area contributed by atoms with Gasteiger partial charge in [-0.2, -0.15) is 0 Å². The molecule has 1 aliphatic rings. The number of pyridine rings is 1. The minimum absolute atomic E-state index is 0.0144. The molecule has 0 aromatic carbocycles. The molecule has 0 aliphatic heterocycles. The van der Waals surface area contributed by atoms with Gasteiger partial charge in [0.2, 0.25) is 0 Å². The third kappa shape index (κ3) is 3.95. The van der Waals surface area contributed by atoms with E-state index in [4.69, 9.17) is 0 Å². The molecule has 0 atom stereocenters. The Balaban J connectivity index is 1.94. The van der Waals surface area contributed by atoms with Crippen LogP contribution in [0.2, 0.25) is 0 Å². The molecule has 0 radical (unpaired) electrons. The molecular weight excluding hydrogens is 250 g/mol. The van der Waals surface area contributed by atoms with Crippen LogP contribution in [0.15, 0.2) is 12.1 Å². The van der Waals surface area contributed by atoms with Crippen LogP contribution in [0.4, 0.5) is 5.82 Å². The van der Waals surface area contributed by atoms with E-state index in [0.717, 1.165) is 43.2 Å². The molecule has 0 bridgehead atoms. The predicted molar refractivity (Wildman–Crippen MR) is 82.1 cm³/mol. The van der Waals surface area contributed by atoms with Gasteiger partial charge in [0.05, 0.1) is 0 Å². The molecule has 4 heteroatoms. The summed E-state index contributed by atoms with van der Waals surface area (Å²) in [6, 6.07) is 3.72. The molecule has 1 aromatic rings. The van der Waals surface area contributed by atoms with Crippen LogP contribution in [-0.4, -0.2) is 24.5 Å². The van der Waals surface area contributed by atoms with Gasteiger partial charge in [0.15, 0.2) is 0 Å². The van der Waals surface area contributed by atoms with E-state index in [1.165, 1.54) is 19.3 Å². The maximum absolute atomic E-state index is 12.2. The van der Waals surface area contributed by atoms with Crippen LogP contribution in [0.25, 0.3) is 0 Å². The van der Waals surface area contributed by atoms with E-state index in [-0.39, 0.29) is 5.91 Å². The molecule has 1 saturated carbocycles. The number of carbonyl (C=O) groups is 1. The second-order valence-electron chi connectivity index (χ2n) is 5.57. The number of aromatic nitrogens is 1. The molecule has 2 N–H and O–H groups in total. The molecule has 0 spiro atoms. The second-order valence-corrected chi connectivity index (χ2v) is 5.57. The number of amides is 1. The predicted octanol–water partition coefficient (Wildman–Crippen LogP) is 3.00. The number of carbonyl (C=O) groups excluding carboxylic acids is 1. The molecule has 20 heavy (non-hydrogen) atoms. The highest BCUT2D eigenvalue weighted by atomic mass is 16.1. The second kappa shape index (κ2) is 7.27. The van der Waals surface area contributed by atoms with Gasteiger partial charge in [0.1, 0.15) is 5.82 Å². The molecule has 1 heterocycles. The zero-order valence-corrected chi connectivity index (χ0v) is 12.5. The Morgan fingerprint density at radius 2 is 2.20 bits per heavy atom. The number of aryl methyl sites for hydroxylation is 1. The summed E-state index contributed by atoms with van der Waals surface area (Å²) in [4.78, 5) is 16.7. The first kappa shape index (κ1) is 14.8. The topological polar surface area (TPSA) is 54.0 Å². The summed E-state index contributed by atoms with van der Waals surface area (Å²) in [5, 5.41) is 6.05. The highest BCUT2D eigenvalue weighted by molar-refractivity contribution is 5.95. The number of rotatable bonds is 7. The van der Waals surface area contributed by atoms with E-state index in [1.54, 1.807) is 0 Å². The SMILES string of the molecule is CCCc1cc(C(=O)NCCC2CCC2)cc(NC)n1. The van der Waals surface area contributed by atoms with Gasteiger partial charge in [0, 0.05) is 24.8 Å². The summed E-state index contributed by atoms with van der Waals surface area (Å²) in [5.41, 5.74) is 1.69. The molecule has 4 nitrogen and oxygen atoms in total. The molecule has 110 valence electrons. The quantitative estimate of drug-likeness (QED) is 0.804. The van der Waals surface area contributed by atoms with Crippen LogP contribution in [0.1, 0.15) is 55.1 Å². The van der Waals surface area contributed by atoms with Crippen LogP contribution in [0.5, 0.6) is 0 Å². The Bertz CT molecular complexity index is 455. The number of hydrogen-bond acceptors (Lipinski definition) is 3. The van der Waals surface area contributed by atoms with E-state index >= 15 is 0 Å². The van der Waals surface area contributed by atoms with E-state index in [0.29, 0.717) is 5.56 Å². The zero-order valence-electron chi connectivity index (χ0n) is 12.5. The van der Waals surface area contributed by atoms with Crippen molar-refractivity contribution in [3.63, 3.8) is 0 Å². The van der Waals surface area contributed by atoms with Gasteiger partial charge in [0.25, 0.3) is 5.91 Å². The Morgan fingerprint density at radius 3 is 2.80 bits per heavy atom. The summed E-state index contributed by atoms with van der Waals surface area (Å²) in [6.45, 7) is 2.90. The third-order valence-electron chi connectivity index (χ3n) is 3.97. The lowest BCUT2D eigenvalue weighted by Gasteiger charge is -2.25. The Kier molecular flexibility index (Phi) is 5.39. The van der Waals surface area contributed by atoms with Crippen molar-refractivity contribution in [3.05, 3.63) is 23.4 Å². The summed E-state index contributed by atoms with van der Waals surface area (Å²) in [6.07, 6.45) is 7.05. The smallest absolute Gasteiger partial charge is 0.251 e. The van der Waals surface area contributed by atoms with Gasteiger partial charge in [-0.25, -0.2) is 4.98 Å². The maximum Gasteiger partial charge on any atom is 0.251 e. The number of nitrogens with one attached hydrogen (secondary N) is 2. The first-order valence-corrected chi connectivity index (χ1v) is 7.69. The Hall–Kier alpha value is -1.58. The fourth-order valence-electron chi connectivity index (χ4n) is 2.50. The number of anilines is 1. The highest BCUT2D eigenvalue weighted by Gasteiger charge is 2.17. The van der Waals surface area contributed by atoms with E-state index in [1.807, 2.05) is 19.2 Å². The van der Waals surface area contributed by atoms with Gasteiger partial charge in [-0.1, -0.05) is 32.6 Å². The van der Waals surface area contributed by atoms with Crippen LogP contribution < -0.4 is 10.6 Å². The molecule has 2 rings (SSSR count). The average molecular weight is 275 g/mol. The monoisotopic (exact) mass is 275 g/mol. The molecule has 1 fully saturated rings. The molecule has 0 saturated heterocycles. The fourth-order valence-corrected chi connectivity index (χ4v) is 2.50. The Labute approximate surface area is 121 Å². The van der Waals surface area contributed by atoms with Crippen molar-refractivity contribution in [1.29, 1.82) is 0 Å².